The fourth-order valence-corrected chi connectivity index (χ4v) is 3.68. The first-order chi connectivity index (χ1) is 14.9. The highest BCUT2D eigenvalue weighted by molar-refractivity contribution is 9.10. The molecule has 164 valence electrons. The number of carboxylic acids is 1. The Balaban J connectivity index is 1.78. The molecule has 1 heterocycles. The van der Waals surface area contributed by atoms with Crippen LogP contribution in [0.4, 0.5) is 0 Å². The second-order valence-corrected chi connectivity index (χ2v) is 8.06. The molecule has 1 atom stereocenters. The van der Waals surface area contributed by atoms with Crippen LogP contribution in [0.3, 0.4) is 0 Å². The maximum Gasteiger partial charge on any atom is 0.333 e. The number of pyridine rings is 1. The molecule has 1 unspecified atom stereocenters. The van der Waals surface area contributed by atoms with Crippen molar-refractivity contribution in [3.63, 3.8) is 0 Å². The van der Waals surface area contributed by atoms with E-state index in [0.717, 1.165) is 27.8 Å². The molecule has 3 aromatic rings. The summed E-state index contributed by atoms with van der Waals surface area (Å²) in [7, 11) is 0. The Hall–Kier alpha value is -2.64. The van der Waals surface area contributed by atoms with Crippen LogP contribution in [0.15, 0.2) is 53.1 Å². The molecular formula is C24H26BrNO5. The molecule has 0 aliphatic heterocycles. The van der Waals surface area contributed by atoms with Crippen molar-refractivity contribution in [2.24, 2.45) is 0 Å². The molecule has 1 aromatic heterocycles. The maximum atomic E-state index is 11.3. The molecule has 0 spiro atoms. The highest BCUT2D eigenvalue weighted by Gasteiger charge is 2.19. The lowest BCUT2D eigenvalue weighted by Gasteiger charge is -2.18. The van der Waals surface area contributed by atoms with Crippen LogP contribution in [0.1, 0.15) is 31.9 Å². The van der Waals surface area contributed by atoms with Gasteiger partial charge in [-0.05, 0) is 66.5 Å². The van der Waals surface area contributed by atoms with Crippen LogP contribution in [0.5, 0.6) is 11.5 Å². The van der Waals surface area contributed by atoms with Gasteiger partial charge in [0.2, 0.25) is 0 Å². The van der Waals surface area contributed by atoms with Gasteiger partial charge in [-0.2, -0.15) is 0 Å². The third kappa shape index (κ3) is 5.95. The standard InChI is InChI=1S/C24H26BrNO5/c1-4-29-21(24(27)28)13-16-9-11-17(12-10-16)30-14-19-22(31-15(2)3)18-7-5-6-8-20(18)26-23(19)25/h5-12,15,21H,4,13-14H2,1-3H3,(H,27,28). The van der Waals surface area contributed by atoms with Gasteiger partial charge in [0.15, 0.2) is 6.10 Å². The van der Waals surface area contributed by atoms with Crippen molar-refractivity contribution in [3.8, 4) is 11.5 Å². The first-order valence-corrected chi connectivity index (χ1v) is 11.0. The lowest BCUT2D eigenvalue weighted by atomic mass is 10.1. The van der Waals surface area contributed by atoms with Crippen LogP contribution in [-0.4, -0.2) is 34.9 Å². The monoisotopic (exact) mass is 487 g/mol. The summed E-state index contributed by atoms with van der Waals surface area (Å²) in [5, 5.41) is 10.2. The third-order valence-corrected chi connectivity index (χ3v) is 5.27. The van der Waals surface area contributed by atoms with Gasteiger partial charge in [0, 0.05) is 18.4 Å². The van der Waals surface area contributed by atoms with Crippen LogP contribution < -0.4 is 9.47 Å². The first-order valence-electron chi connectivity index (χ1n) is 10.2. The number of fused-ring (bicyclic) bond motifs is 1. The zero-order valence-electron chi connectivity index (χ0n) is 17.8. The largest absolute Gasteiger partial charge is 0.490 e. The number of hydrogen-bond acceptors (Lipinski definition) is 5. The Morgan fingerprint density at radius 3 is 2.48 bits per heavy atom. The van der Waals surface area contributed by atoms with E-state index in [1.54, 1.807) is 6.92 Å². The Morgan fingerprint density at radius 1 is 1.13 bits per heavy atom. The van der Waals surface area contributed by atoms with Gasteiger partial charge in [0.05, 0.1) is 17.2 Å². The van der Waals surface area contributed by atoms with Crippen LogP contribution in [0.2, 0.25) is 0 Å². The van der Waals surface area contributed by atoms with Crippen molar-refractivity contribution in [1.29, 1.82) is 0 Å². The molecule has 0 fully saturated rings. The second kappa shape index (κ2) is 10.6. The highest BCUT2D eigenvalue weighted by Crippen LogP contribution is 2.35. The van der Waals surface area contributed by atoms with Crippen molar-refractivity contribution in [2.75, 3.05) is 6.61 Å². The average Bonchev–Trinajstić information content (AvgIpc) is 2.73. The number of aromatic nitrogens is 1. The number of nitrogens with zero attached hydrogens (tertiary/aromatic N) is 1. The Kier molecular flexibility index (Phi) is 7.87. The fraction of sp³-hybridized carbons (Fsp3) is 0.333. The fourth-order valence-electron chi connectivity index (χ4n) is 3.20. The Morgan fingerprint density at radius 2 is 1.84 bits per heavy atom. The molecule has 7 heteroatoms. The van der Waals surface area contributed by atoms with Gasteiger partial charge in [0.25, 0.3) is 0 Å². The van der Waals surface area contributed by atoms with Gasteiger partial charge in [-0.25, -0.2) is 9.78 Å². The molecular weight excluding hydrogens is 462 g/mol. The Bertz CT molecular complexity index is 1040. The molecule has 0 aliphatic rings. The molecule has 0 bridgehead atoms. The molecule has 0 radical (unpaired) electrons. The minimum absolute atomic E-state index is 0.00302. The van der Waals surface area contributed by atoms with Crippen molar-refractivity contribution < 1.29 is 24.1 Å². The quantitative estimate of drug-likeness (QED) is 0.386. The number of carboxylic acid groups (broad SMARTS) is 1. The number of hydrogen-bond donors (Lipinski definition) is 1. The summed E-state index contributed by atoms with van der Waals surface area (Å²) >= 11 is 3.56. The summed E-state index contributed by atoms with van der Waals surface area (Å²) in [6, 6.07) is 15.2. The molecule has 0 amide bonds. The predicted molar refractivity (Wildman–Crippen MR) is 123 cm³/mol. The van der Waals surface area contributed by atoms with Crippen LogP contribution in [0.25, 0.3) is 10.9 Å². The van der Waals surface area contributed by atoms with E-state index in [4.69, 9.17) is 14.2 Å². The highest BCUT2D eigenvalue weighted by atomic mass is 79.9. The van der Waals surface area contributed by atoms with E-state index in [0.29, 0.717) is 23.4 Å². The number of benzene rings is 2. The van der Waals surface area contributed by atoms with E-state index in [2.05, 4.69) is 20.9 Å². The zero-order chi connectivity index (χ0) is 22.4. The predicted octanol–water partition coefficient (Wildman–Crippen LogP) is 5.40. The van der Waals surface area contributed by atoms with Crippen molar-refractivity contribution in [1.82, 2.24) is 4.98 Å². The first kappa shape index (κ1) is 23.0. The van der Waals surface area contributed by atoms with Crippen LogP contribution >= 0.6 is 15.9 Å². The van der Waals surface area contributed by atoms with E-state index in [1.165, 1.54) is 0 Å². The smallest absolute Gasteiger partial charge is 0.333 e. The average molecular weight is 488 g/mol. The summed E-state index contributed by atoms with van der Waals surface area (Å²) < 4.78 is 18.1. The number of ether oxygens (including phenoxy) is 3. The molecule has 1 N–H and O–H groups in total. The van der Waals surface area contributed by atoms with E-state index in [1.807, 2.05) is 62.4 Å². The number of carbonyl (C=O) groups is 1. The van der Waals surface area contributed by atoms with Gasteiger partial charge >= 0.3 is 5.97 Å². The molecule has 0 saturated heterocycles. The number of halogens is 1. The topological polar surface area (TPSA) is 77.9 Å². The van der Waals surface area contributed by atoms with Crippen molar-refractivity contribution in [3.05, 3.63) is 64.3 Å². The van der Waals surface area contributed by atoms with E-state index in [-0.39, 0.29) is 12.7 Å². The minimum Gasteiger partial charge on any atom is -0.490 e. The molecule has 0 saturated carbocycles. The zero-order valence-corrected chi connectivity index (χ0v) is 19.4. The van der Waals surface area contributed by atoms with Crippen LogP contribution in [-0.2, 0) is 22.6 Å². The maximum absolute atomic E-state index is 11.3. The number of para-hydroxylation sites is 1. The van der Waals surface area contributed by atoms with E-state index < -0.39 is 12.1 Å². The SMILES string of the molecule is CCOC(Cc1ccc(OCc2c(Br)nc3ccccc3c2OC(C)C)cc1)C(=O)O. The van der Waals surface area contributed by atoms with E-state index in [9.17, 15) is 9.90 Å². The number of aliphatic carboxylic acids is 1. The molecule has 2 aromatic carbocycles. The summed E-state index contributed by atoms with van der Waals surface area (Å²) in [6.07, 6.45) is -0.550. The van der Waals surface area contributed by atoms with E-state index >= 15 is 0 Å². The van der Waals surface area contributed by atoms with Gasteiger partial charge < -0.3 is 19.3 Å². The summed E-state index contributed by atoms with van der Waals surface area (Å²) in [5.41, 5.74) is 2.55. The van der Waals surface area contributed by atoms with Crippen molar-refractivity contribution in [2.45, 2.75) is 46.0 Å². The summed E-state index contributed by atoms with van der Waals surface area (Å²) in [6.45, 7) is 6.38. The van der Waals surface area contributed by atoms with Gasteiger partial charge in [-0.1, -0.05) is 24.3 Å². The minimum atomic E-state index is -0.964. The lowest BCUT2D eigenvalue weighted by molar-refractivity contribution is -0.149. The normalized spacial score (nSPS) is 12.2. The Labute approximate surface area is 190 Å². The lowest BCUT2D eigenvalue weighted by Crippen LogP contribution is -2.26. The molecule has 3 rings (SSSR count). The van der Waals surface area contributed by atoms with Crippen LogP contribution in [0, 0.1) is 0 Å². The molecule has 6 nitrogen and oxygen atoms in total. The second-order valence-electron chi connectivity index (χ2n) is 7.31. The summed E-state index contributed by atoms with van der Waals surface area (Å²) in [5.74, 6) is 0.459. The van der Waals surface area contributed by atoms with Gasteiger partial charge in [0.1, 0.15) is 22.7 Å². The summed E-state index contributed by atoms with van der Waals surface area (Å²) in [4.78, 5) is 15.9. The van der Waals surface area contributed by atoms with Gasteiger partial charge in [-0.3, -0.25) is 0 Å². The molecule has 0 aliphatic carbocycles. The third-order valence-electron chi connectivity index (χ3n) is 4.61. The number of rotatable bonds is 10. The molecule has 31 heavy (non-hydrogen) atoms. The van der Waals surface area contributed by atoms with Crippen molar-refractivity contribution >= 4 is 32.8 Å². The van der Waals surface area contributed by atoms with Gasteiger partial charge in [-0.15, -0.1) is 0 Å².